The van der Waals surface area contributed by atoms with Crippen LogP contribution in [0.1, 0.15) is 35.9 Å². The highest BCUT2D eigenvalue weighted by atomic mass is 16.1. The van der Waals surface area contributed by atoms with Gasteiger partial charge in [-0.15, -0.1) is 0 Å². The zero-order chi connectivity index (χ0) is 9.84. The summed E-state index contributed by atoms with van der Waals surface area (Å²) in [6.07, 6.45) is 1.58. The summed E-state index contributed by atoms with van der Waals surface area (Å²) in [5, 5.41) is 0. The van der Waals surface area contributed by atoms with Gasteiger partial charge in [0.1, 0.15) is 0 Å². The molecular formula is C10H14N2O. The SMILES string of the molecule is Cc1cc(CC(C)C)nc(C=O)n1. The third kappa shape index (κ3) is 2.93. The fourth-order valence-corrected chi connectivity index (χ4v) is 1.23. The fourth-order valence-electron chi connectivity index (χ4n) is 1.23. The third-order valence-corrected chi connectivity index (χ3v) is 1.65. The zero-order valence-corrected chi connectivity index (χ0v) is 8.24. The maximum absolute atomic E-state index is 10.5. The van der Waals surface area contributed by atoms with Crippen molar-refractivity contribution in [1.82, 2.24) is 9.97 Å². The van der Waals surface area contributed by atoms with E-state index in [1.807, 2.05) is 13.0 Å². The van der Waals surface area contributed by atoms with Crippen molar-refractivity contribution in [2.24, 2.45) is 5.92 Å². The lowest BCUT2D eigenvalue weighted by molar-refractivity contribution is 0.111. The van der Waals surface area contributed by atoms with Crippen LogP contribution in [0.2, 0.25) is 0 Å². The van der Waals surface area contributed by atoms with Crippen LogP contribution in [0, 0.1) is 12.8 Å². The molecule has 0 N–H and O–H groups in total. The lowest BCUT2D eigenvalue weighted by atomic mass is 10.1. The molecule has 1 heterocycles. The molecule has 0 saturated carbocycles. The topological polar surface area (TPSA) is 42.9 Å². The minimum atomic E-state index is 0.288. The fraction of sp³-hybridized carbons (Fsp3) is 0.500. The maximum Gasteiger partial charge on any atom is 0.193 e. The van der Waals surface area contributed by atoms with Gasteiger partial charge in [0.2, 0.25) is 0 Å². The van der Waals surface area contributed by atoms with Gasteiger partial charge >= 0.3 is 0 Å². The standard InChI is InChI=1S/C10H14N2O/c1-7(2)4-9-5-8(3)11-10(6-13)12-9/h5-7H,4H2,1-3H3. The van der Waals surface area contributed by atoms with Crippen molar-refractivity contribution in [2.75, 3.05) is 0 Å². The van der Waals surface area contributed by atoms with Gasteiger partial charge in [0, 0.05) is 11.4 Å². The Labute approximate surface area is 78.2 Å². The number of carbonyl (C=O) groups is 1. The average Bonchev–Trinajstić information content (AvgIpc) is 2.01. The third-order valence-electron chi connectivity index (χ3n) is 1.65. The van der Waals surface area contributed by atoms with E-state index in [0.717, 1.165) is 17.8 Å². The van der Waals surface area contributed by atoms with E-state index in [0.29, 0.717) is 12.2 Å². The van der Waals surface area contributed by atoms with Gasteiger partial charge in [0.05, 0.1) is 0 Å². The second-order valence-corrected chi connectivity index (χ2v) is 3.57. The Bertz CT molecular complexity index is 308. The molecule has 0 spiro atoms. The summed E-state index contributed by atoms with van der Waals surface area (Å²) in [6.45, 7) is 6.12. The predicted molar refractivity (Wildman–Crippen MR) is 50.7 cm³/mol. The molecule has 0 aromatic carbocycles. The van der Waals surface area contributed by atoms with Gasteiger partial charge in [0.25, 0.3) is 0 Å². The Hall–Kier alpha value is -1.25. The van der Waals surface area contributed by atoms with E-state index in [9.17, 15) is 4.79 Å². The zero-order valence-electron chi connectivity index (χ0n) is 8.24. The molecule has 13 heavy (non-hydrogen) atoms. The van der Waals surface area contributed by atoms with E-state index < -0.39 is 0 Å². The van der Waals surface area contributed by atoms with Gasteiger partial charge in [-0.1, -0.05) is 13.8 Å². The number of rotatable bonds is 3. The summed E-state index contributed by atoms with van der Waals surface area (Å²) in [6, 6.07) is 1.92. The smallest absolute Gasteiger partial charge is 0.193 e. The van der Waals surface area contributed by atoms with Crippen molar-refractivity contribution < 1.29 is 4.79 Å². The molecule has 0 aliphatic rings. The van der Waals surface area contributed by atoms with Crippen LogP contribution in [0.25, 0.3) is 0 Å². The first-order valence-corrected chi connectivity index (χ1v) is 4.41. The highest BCUT2D eigenvalue weighted by Gasteiger charge is 2.03. The minimum absolute atomic E-state index is 0.288. The van der Waals surface area contributed by atoms with Gasteiger partial charge in [-0.05, 0) is 25.3 Å². The highest BCUT2D eigenvalue weighted by molar-refractivity contribution is 5.68. The number of carbonyl (C=O) groups excluding carboxylic acids is 1. The largest absolute Gasteiger partial charge is 0.294 e. The molecule has 3 heteroatoms. The monoisotopic (exact) mass is 178 g/mol. The molecule has 1 aromatic rings. The lowest BCUT2D eigenvalue weighted by Crippen LogP contribution is -2.03. The normalized spacial score (nSPS) is 10.5. The molecule has 0 aliphatic heterocycles. The van der Waals surface area contributed by atoms with Gasteiger partial charge < -0.3 is 0 Å². The van der Waals surface area contributed by atoms with Crippen molar-refractivity contribution in [3.8, 4) is 0 Å². The first kappa shape index (κ1) is 9.84. The number of aromatic nitrogens is 2. The summed E-state index contributed by atoms with van der Waals surface area (Å²) in [5.74, 6) is 0.837. The molecule has 0 radical (unpaired) electrons. The first-order valence-electron chi connectivity index (χ1n) is 4.41. The maximum atomic E-state index is 10.5. The van der Waals surface area contributed by atoms with E-state index in [4.69, 9.17) is 0 Å². The van der Waals surface area contributed by atoms with Crippen molar-refractivity contribution in [3.63, 3.8) is 0 Å². The summed E-state index contributed by atoms with van der Waals surface area (Å²) in [5.41, 5.74) is 1.80. The number of nitrogens with zero attached hydrogens (tertiary/aromatic N) is 2. The van der Waals surface area contributed by atoms with Crippen LogP contribution in [0.15, 0.2) is 6.07 Å². The molecule has 0 unspecified atom stereocenters. The van der Waals surface area contributed by atoms with Crippen LogP contribution < -0.4 is 0 Å². The Morgan fingerprint density at radius 2 is 2.15 bits per heavy atom. The van der Waals surface area contributed by atoms with Crippen LogP contribution in [0.5, 0.6) is 0 Å². The molecule has 0 aliphatic carbocycles. The van der Waals surface area contributed by atoms with Gasteiger partial charge in [-0.2, -0.15) is 0 Å². The van der Waals surface area contributed by atoms with Crippen LogP contribution in [0.3, 0.4) is 0 Å². The quantitative estimate of drug-likeness (QED) is 0.663. The van der Waals surface area contributed by atoms with Crippen molar-refractivity contribution >= 4 is 6.29 Å². The molecule has 0 bridgehead atoms. The Morgan fingerprint density at radius 3 is 2.69 bits per heavy atom. The predicted octanol–water partition coefficient (Wildman–Crippen LogP) is 1.80. The summed E-state index contributed by atoms with van der Waals surface area (Å²) in [4.78, 5) is 18.6. The Balaban J connectivity index is 2.94. The molecule has 0 saturated heterocycles. The van der Waals surface area contributed by atoms with E-state index >= 15 is 0 Å². The van der Waals surface area contributed by atoms with Crippen molar-refractivity contribution in [2.45, 2.75) is 27.2 Å². The summed E-state index contributed by atoms with van der Waals surface area (Å²) >= 11 is 0. The molecule has 70 valence electrons. The van der Waals surface area contributed by atoms with E-state index in [1.165, 1.54) is 0 Å². The lowest BCUT2D eigenvalue weighted by Gasteiger charge is -2.04. The Morgan fingerprint density at radius 1 is 1.46 bits per heavy atom. The average molecular weight is 178 g/mol. The van der Waals surface area contributed by atoms with Crippen LogP contribution in [-0.2, 0) is 6.42 Å². The van der Waals surface area contributed by atoms with E-state index in [2.05, 4.69) is 23.8 Å². The number of hydrogen-bond acceptors (Lipinski definition) is 3. The van der Waals surface area contributed by atoms with Crippen molar-refractivity contribution in [1.29, 1.82) is 0 Å². The number of aryl methyl sites for hydroxylation is 1. The van der Waals surface area contributed by atoms with Gasteiger partial charge in [-0.25, -0.2) is 9.97 Å². The highest BCUT2D eigenvalue weighted by Crippen LogP contribution is 2.06. The van der Waals surface area contributed by atoms with E-state index in [1.54, 1.807) is 0 Å². The number of hydrogen-bond donors (Lipinski definition) is 0. The molecule has 0 fully saturated rings. The second kappa shape index (κ2) is 4.12. The molecular weight excluding hydrogens is 164 g/mol. The van der Waals surface area contributed by atoms with Crippen molar-refractivity contribution in [3.05, 3.63) is 23.3 Å². The van der Waals surface area contributed by atoms with Gasteiger partial charge in [-0.3, -0.25) is 4.79 Å². The minimum Gasteiger partial charge on any atom is -0.294 e. The van der Waals surface area contributed by atoms with Crippen LogP contribution in [-0.4, -0.2) is 16.3 Å². The van der Waals surface area contributed by atoms with Crippen LogP contribution >= 0.6 is 0 Å². The number of aldehydes is 1. The molecule has 0 atom stereocenters. The first-order chi connectivity index (χ1) is 6.11. The molecule has 1 aromatic heterocycles. The summed E-state index contributed by atoms with van der Waals surface area (Å²) < 4.78 is 0. The van der Waals surface area contributed by atoms with E-state index in [-0.39, 0.29) is 5.82 Å². The molecule has 0 amide bonds. The molecule has 1 rings (SSSR count). The van der Waals surface area contributed by atoms with Crippen LogP contribution in [0.4, 0.5) is 0 Å². The Kier molecular flexibility index (Phi) is 3.12. The van der Waals surface area contributed by atoms with Gasteiger partial charge in [0.15, 0.2) is 12.1 Å². The molecule has 3 nitrogen and oxygen atoms in total. The second-order valence-electron chi connectivity index (χ2n) is 3.57. The summed E-state index contributed by atoms with van der Waals surface area (Å²) in [7, 11) is 0.